The van der Waals surface area contributed by atoms with E-state index in [0.717, 1.165) is 5.56 Å². The predicted octanol–water partition coefficient (Wildman–Crippen LogP) is 3.50. The molecule has 1 N–H and O–H groups in total. The Balaban J connectivity index is 1.70. The number of thioether (sulfide) groups is 1. The van der Waals surface area contributed by atoms with Crippen molar-refractivity contribution < 1.29 is 4.79 Å². The normalized spacial score (nSPS) is 12.1. The summed E-state index contributed by atoms with van der Waals surface area (Å²) in [5.41, 5.74) is 0.794. The summed E-state index contributed by atoms with van der Waals surface area (Å²) in [5, 5.41) is 20.9. The summed E-state index contributed by atoms with van der Waals surface area (Å²) >= 11 is 8.83. The molecule has 2 aromatic heterocycles. The zero-order valence-electron chi connectivity index (χ0n) is 13.5. The largest absolute Gasteiger partial charge is 0.312 e. The first-order valence-corrected chi connectivity index (χ1v) is 9.55. The van der Waals surface area contributed by atoms with Crippen molar-refractivity contribution in [1.82, 2.24) is 25.0 Å². The summed E-state index contributed by atoms with van der Waals surface area (Å²) in [6, 6.07) is 7.39. The van der Waals surface area contributed by atoms with Gasteiger partial charge in [0.15, 0.2) is 10.2 Å². The van der Waals surface area contributed by atoms with E-state index in [0.29, 0.717) is 26.7 Å². The maximum absolute atomic E-state index is 12.5. The minimum atomic E-state index is -0.296. The summed E-state index contributed by atoms with van der Waals surface area (Å²) in [6.45, 7) is 1.95. The number of hydrogen-bond acceptors (Lipinski definition) is 7. The number of carbonyl (C=O) groups excluding carboxylic acids is 1. The van der Waals surface area contributed by atoms with Crippen LogP contribution in [0.15, 0.2) is 35.7 Å². The lowest BCUT2D eigenvalue weighted by Crippen LogP contribution is -2.24. The number of nitrogens with one attached hydrogen (secondary N) is 1. The molecule has 0 aliphatic carbocycles. The number of halogens is 1. The number of carbonyl (C=O) groups is 1. The van der Waals surface area contributed by atoms with Crippen LogP contribution in [0.5, 0.6) is 0 Å². The lowest BCUT2D eigenvalue weighted by atomic mass is 10.2. The second kappa shape index (κ2) is 7.94. The van der Waals surface area contributed by atoms with Gasteiger partial charge in [0.25, 0.3) is 0 Å². The number of nitrogens with zero attached hydrogens (tertiary/aromatic N) is 5. The predicted molar refractivity (Wildman–Crippen MR) is 99.9 cm³/mol. The second-order valence-electron chi connectivity index (χ2n) is 5.12. The first kappa shape index (κ1) is 17.8. The molecule has 0 bridgehead atoms. The molecule has 0 radical (unpaired) electrons. The molecule has 0 fully saturated rings. The summed E-state index contributed by atoms with van der Waals surface area (Å²) in [7, 11) is 1.84. The quantitative estimate of drug-likeness (QED) is 0.644. The van der Waals surface area contributed by atoms with Crippen LogP contribution in [0, 0.1) is 0 Å². The van der Waals surface area contributed by atoms with Gasteiger partial charge in [-0.15, -0.1) is 20.4 Å². The Morgan fingerprint density at radius 2 is 2.16 bits per heavy atom. The zero-order chi connectivity index (χ0) is 17.8. The number of hydrogen-bond donors (Lipinski definition) is 1. The van der Waals surface area contributed by atoms with Crippen molar-refractivity contribution in [2.45, 2.75) is 23.8 Å². The first-order chi connectivity index (χ1) is 12.1. The smallest absolute Gasteiger partial charge is 0.239 e. The summed E-state index contributed by atoms with van der Waals surface area (Å²) in [6.07, 6.45) is 2.26. The number of anilines is 1. The van der Waals surface area contributed by atoms with Gasteiger partial charge in [0.05, 0.1) is 10.3 Å². The van der Waals surface area contributed by atoms with Crippen LogP contribution in [-0.2, 0) is 11.8 Å². The molecule has 0 saturated carbocycles. The average molecular weight is 395 g/mol. The lowest BCUT2D eigenvalue weighted by Gasteiger charge is -2.12. The van der Waals surface area contributed by atoms with Gasteiger partial charge in [0.1, 0.15) is 6.33 Å². The highest BCUT2D eigenvalue weighted by molar-refractivity contribution is 8.00. The Bertz CT molecular complexity index is 880. The monoisotopic (exact) mass is 394 g/mol. The van der Waals surface area contributed by atoms with E-state index in [2.05, 4.69) is 25.7 Å². The second-order valence-corrected chi connectivity index (χ2v) is 7.68. The molecule has 3 rings (SSSR count). The van der Waals surface area contributed by atoms with Gasteiger partial charge < -0.3 is 4.57 Å². The van der Waals surface area contributed by atoms with E-state index in [-0.39, 0.29) is 11.2 Å². The van der Waals surface area contributed by atoms with Gasteiger partial charge in [-0.05, 0) is 12.5 Å². The number of amides is 1. The number of aryl methyl sites for hydroxylation is 1. The van der Waals surface area contributed by atoms with E-state index in [1.165, 1.54) is 23.1 Å². The molecule has 130 valence electrons. The van der Waals surface area contributed by atoms with E-state index in [1.54, 1.807) is 17.0 Å². The number of rotatable bonds is 6. The molecule has 0 saturated heterocycles. The summed E-state index contributed by atoms with van der Waals surface area (Å²) < 4.78 is 1.78. The zero-order valence-corrected chi connectivity index (χ0v) is 15.9. The summed E-state index contributed by atoms with van der Waals surface area (Å²) in [5.74, 6) is -0.141. The number of aromatic nitrogens is 5. The van der Waals surface area contributed by atoms with Crippen LogP contribution in [-0.4, -0.2) is 36.1 Å². The van der Waals surface area contributed by atoms with E-state index < -0.39 is 0 Å². The highest BCUT2D eigenvalue weighted by Crippen LogP contribution is 2.32. The van der Waals surface area contributed by atoms with Crippen LogP contribution in [0.4, 0.5) is 5.13 Å². The van der Waals surface area contributed by atoms with Gasteiger partial charge in [0, 0.05) is 12.6 Å². The van der Waals surface area contributed by atoms with Gasteiger partial charge in [-0.25, -0.2) is 0 Å². The van der Waals surface area contributed by atoms with Crippen molar-refractivity contribution in [2.24, 2.45) is 7.05 Å². The van der Waals surface area contributed by atoms with E-state index >= 15 is 0 Å². The Hall–Kier alpha value is -1.97. The van der Waals surface area contributed by atoms with Crippen molar-refractivity contribution >= 4 is 45.7 Å². The molecule has 0 aliphatic heterocycles. The van der Waals surface area contributed by atoms with Crippen LogP contribution in [0.25, 0.3) is 10.6 Å². The van der Waals surface area contributed by atoms with Crippen LogP contribution >= 0.6 is 34.7 Å². The SMILES string of the molecule is CC[C@@H](Sc1nncn1C)C(=O)Nc1nnc(-c2ccccc2Cl)s1. The Labute approximate surface area is 157 Å². The third-order valence-corrected chi connectivity index (χ3v) is 5.95. The first-order valence-electron chi connectivity index (χ1n) is 7.48. The van der Waals surface area contributed by atoms with Gasteiger partial charge in [0.2, 0.25) is 11.0 Å². The van der Waals surface area contributed by atoms with E-state index in [4.69, 9.17) is 11.6 Å². The molecular formula is C15H15ClN6OS2. The van der Waals surface area contributed by atoms with Crippen molar-refractivity contribution in [3.63, 3.8) is 0 Å². The fourth-order valence-corrected chi connectivity index (χ4v) is 3.99. The average Bonchev–Trinajstić information content (AvgIpc) is 3.22. The molecule has 2 heterocycles. The standard InChI is InChI=1S/C15H15ClN6OS2/c1-3-11(24-15-21-17-8-22(15)2)12(23)18-14-20-19-13(25-14)9-6-4-5-7-10(9)16/h4-8,11H,3H2,1-2H3,(H,18,20,23)/t11-/m1/s1. The van der Waals surface area contributed by atoms with Crippen molar-refractivity contribution in [3.8, 4) is 10.6 Å². The molecule has 0 unspecified atom stereocenters. The van der Waals surface area contributed by atoms with Gasteiger partial charge >= 0.3 is 0 Å². The van der Waals surface area contributed by atoms with Crippen LogP contribution in [0.3, 0.4) is 0 Å². The third kappa shape index (κ3) is 4.17. The highest BCUT2D eigenvalue weighted by Gasteiger charge is 2.22. The molecular weight excluding hydrogens is 380 g/mol. The number of benzene rings is 1. The third-order valence-electron chi connectivity index (χ3n) is 3.34. The Morgan fingerprint density at radius 1 is 1.36 bits per heavy atom. The summed E-state index contributed by atoms with van der Waals surface area (Å²) in [4.78, 5) is 12.5. The molecule has 7 nitrogen and oxygen atoms in total. The lowest BCUT2D eigenvalue weighted by molar-refractivity contribution is -0.115. The van der Waals surface area contributed by atoms with Crippen LogP contribution < -0.4 is 5.32 Å². The molecule has 25 heavy (non-hydrogen) atoms. The van der Waals surface area contributed by atoms with Gasteiger partial charge in [-0.1, -0.05) is 59.8 Å². The highest BCUT2D eigenvalue weighted by atomic mass is 35.5. The van der Waals surface area contributed by atoms with Crippen molar-refractivity contribution in [3.05, 3.63) is 35.6 Å². The fraction of sp³-hybridized carbons (Fsp3) is 0.267. The fourth-order valence-electron chi connectivity index (χ4n) is 2.03. The molecule has 1 amide bonds. The van der Waals surface area contributed by atoms with Crippen molar-refractivity contribution in [1.29, 1.82) is 0 Å². The van der Waals surface area contributed by atoms with Gasteiger partial charge in [-0.3, -0.25) is 10.1 Å². The Morgan fingerprint density at radius 3 is 2.84 bits per heavy atom. The van der Waals surface area contributed by atoms with Crippen LogP contribution in [0.2, 0.25) is 5.02 Å². The Kier molecular flexibility index (Phi) is 5.67. The van der Waals surface area contributed by atoms with Gasteiger partial charge in [-0.2, -0.15) is 0 Å². The molecule has 0 aliphatic rings. The minimum Gasteiger partial charge on any atom is -0.312 e. The topological polar surface area (TPSA) is 85.6 Å². The minimum absolute atomic E-state index is 0.141. The molecule has 10 heteroatoms. The van der Waals surface area contributed by atoms with Crippen molar-refractivity contribution in [2.75, 3.05) is 5.32 Å². The molecule has 1 atom stereocenters. The van der Waals surface area contributed by atoms with Crippen LogP contribution in [0.1, 0.15) is 13.3 Å². The van der Waals surface area contributed by atoms with E-state index in [1.807, 2.05) is 32.2 Å². The maximum Gasteiger partial charge on any atom is 0.239 e. The molecule has 3 aromatic rings. The maximum atomic E-state index is 12.5. The van der Waals surface area contributed by atoms with E-state index in [9.17, 15) is 4.79 Å². The molecule has 1 aromatic carbocycles. The molecule has 0 spiro atoms.